The van der Waals surface area contributed by atoms with E-state index in [0.29, 0.717) is 11.4 Å². The van der Waals surface area contributed by atoms with Gasteiger partial charge in [-0.3, -0.25) is 0 Å². The third-order valence-electron chi connectivity index (χ3n) is 2.44. The molecule has 0 radical (unpaired) electrons. The number of ether oxygens (including phenoxy) is 3. The summed E-state index contributed by atoms with van der Waals surface area (Å²) in [5.41, 5.74) is 0.789. The lowest BCUT2D eigenvalue weighted by atomic mass is 10.1. The van der Waals surface area contributed by atoms with Crippen LogP contribution in [-0.2, 0) is 14.2 Å². The highest BCUT2D eigenvalue weighted by atomic mass is 16.6. The van der Waals surface area contributed by atoms with Gasteiger partial charge >= 0.3 is 11.9 Å². The molecule has 0 bridgehead atoms. The molecule has 0 aliphatic heterocycles. The SMILES string of the molecule is COCCOC(=O)c1c(C)nnc(C)c1C(=O)OC. The molecule has 7 nitrogen and oxygen atoms in total. The maximum Gasteiger partial charge on any atom is 0.341 e. The van der Waals surface area contributed by atoms with E-state index in [4.69, 9.17) is 9.47 Å². The van der Waals surface area contributed by atoms with Gasteiger partial charge in [0.05, 0.1) is 36.2 Å². The Labute approximate surface area is 110 Å². The van der Waals surface area contributed by atoms with E-state index in [2.05, 4.69) is 14.9 Å². The number of carbonyl (C=O) groups excluding carboxylic acids is 2. The Morgan fingerprint density at radius 1 is 0.947 bits per heavy atom. The first-order valence-electron chi connectivity index (χ1n) is 5.61. The molecular formula is C12H16N2O5. The molecule has 1 rings (SSSR count). The van der Waals surface area contributed by atoms with Crippen molar-refractivity contribution in [1.29, 1.82) is 0 Å². The second kappa shape index (κ2) is 6.79. The molecule has 0 aliphatic rings. The zero-order valence-corrected chi connectivity index (χ0v) is 11.3. The average molecular weight is 268 g/mol. The van der Waals surface area contributed by atoms with Gasteiger partial charge in [-0.05, 0) is 13.8 Å². The Morgan fingerprint density at radius 3 is 1.95 bits per heavy atom. The van der Waals surface area contributed by atoms with Crippen LogP contribution in [0.2, 0.25) is 0 Å². The van der Waals surface area contributed by atoms with Crippen LogP contribution in [0.4, 0.5) is 0 Å². The third kappa shape index (κ3) is 3.47. The van der Waals surface area contributed by atoms with Crippen LogP contribution in [0.5, 0.6) is 0 Å². The molecule has 0 fully saturated rings. The third-order valence-corrected chi connectivity index (χ3v) is 2.44. The molecule has 0 amide bonds. The summed E-state index contributed by atoms with van der Waals surface area (Å²) >= 11 is 0. The molecule has 0 aromatic carbocycles. The number of hydrogen-bond donors (Lipinski definition) is 0. The Bertz CT molecular complexity index is 487. The van der Waals surface area contributed by atoms with Crippen molar-refractivity contribution in [2.75, 3.05) is 27.4 Å². The van der Waals surface area contributed by atoms with Gasteiger partial charge in [-0.1, -0.05) is 0 Å². The molecule has 1 aromatic rings. The number of rotatable bonds is 5. The fourth-order valence-electron chi connectivity index (χ4n) is 1.50. The summed E-state index contributed by atoms with van der Waals surface area (Å²) in [6, 6.07) is 0. The monoisotopic (exact) mass is 268 g/mol. The topological polar surface area (TPSA) is 87.6 Å². The van der Waals surface area contributed by atoms with Crippen molar-refractivity contribution in [1.82, 2.24) is 10.2 Å². The number of carbonyl (C=O) groups is 2. The second-order valence-electron chi connectivity index (χ2n) is 3.74. The van der Waals surface area contributed by atoms with Gasteiger partial charge in [-0.15, -0.1) is 0 Å². The van der Waals surface area contributed by atoms with E-state index in [1.165, 1.54) is 14.2 Å². The predicted octanol–water partition coefficient (Wildman–Crippen LogP) is 0.683. The smallest absolute Gasteiger partial charge is 0.341 e. The lowest BCUT2D eigenvalue weighted by Gasteiger charge is -2.11. The molecule has 0 atom stereocenters. The van der Waals surface area contributed by atoms with E-state index >= 15 is 0 Å². The Kier molecular flexibility index (Phi) is 5.37. The molecule has 0 aliphatic carbocycles. The number of nitrogens with zero attached hydrogens (tertiary/aromatic N) is 2. The molecule has 0 saturated carbocycles. The lowest BCUT2D eigenvalue weighted by Crippen LogP contribution is -2.19. The molecule has 0 N–H and O–H groups in total. The van der Waals surface area contributed by atoms with E-state index in [0.717, 1.165) is 0 Å². The van der Waals surface area contributed by atoms with Crippen LogP contribution in [0.3, 0.4) is 0 Å². The van der Waals surface area contributed by atoms with Crippen LogP contribution in [0.1, 0.15) is 32.1 Å². The molecule has 104 valence electrons. The van der Waals surface area contributed by atoms with Gasteiger partial charge in [0.15, 0.2) is 0 Å². The summed E-state index contributed by atoms with van der Waals surface area (Å²) in [7, 11) is 2.73. The summed E-state index contributed by atoms with van der Waals surface area (Å²) in [5.74, 6) is -1.29. The lowest BCUT2D eigenvalue weighted by molar-refractivity contribution is 0.0377. The fraction of sp³-hybridized carbons (Fsp3) is 0.500. The molecule has 0 unspecified atom stereocenters. The molecule has 1 aromatic heterocycles. The van der Waals surface area contributed by atoms with E-state index < -0.39 is 11.9 Å². The van der Waals surface area contributed by atoms with Crippen molar-refractivity contribution in [3.05, 3.63) is 22.5 Å². The number of aromatic nitrogens is 2. The first-order chi connectivity index (χ1) is 9.02. The van der Waals surface area contributed by atoms with Crippen LogP contribution in [0, 0.1) is 13.8 Å². The molecule has 7 heteroatoms. The summed E-state index contributed by atoms with van der Waals surface area (Å²) < 4.78 is 14.4. The minimum absolute atomic E-state index is 0.0791. The number of methoxy groups -OCH3 is 2. The van der Waals surface area contributed by atoms with Crippen LogP contribution in [-0.4, -0.2) is 49.6 Å². The van der Waals surface area contributed by atoms with Crippen molar-refractivity contribution in [2.24, 2.45) is 0 Å². The fourth-order valence-corrected chi connectivity index (χ4v) is 1.50. The quantitative estimate of drug-likeness (QED) is 0.573. The average Bonchev–Trinajstić information content (AvgIpc) is 2.40. The summed E-state index contributed by atoms with van der Waals surface area (Å²) in [4.78, 5) is 23.7. The van der Waals surface area contributed by atoms with Crippen molar-refractivity contribution in [2.45, 2.75) is 13.8 Å². The Morgan fingerprint density at radius 2 is 1.47 bits per heavy atom. The normalized spacial score (nSPS) is 10.1. The van der Waals surface area contributed by atoms with Crippen LogP contribution >= 0.6 is 0 Å². The molecular weight excluding hydrogens is 252 g/mol. The van der Waals surface area contributed by atoms with Crippen LogP contribution < -0.4 is 0 Å². The van der Waals surface area contributed by atoms with Gasteiger partial charge in [-0.25, -0.2) is 9.59 Å². The van der Waals surface area contributed by atoms with E-state index in [9.17, 15) is 9.59 Å². The van der Waals surface area contributed by atoms with E-state index in [-0.39, 0.29) is 24.3 Å². The first kappa shape index (κ1) is 15.0. The summed E-state index contributed by atoms with van der Waals surface area (Å²) in [6.07, 6.45) is 0. The zero-order chi connectivity index (χ0) is 14.4. The standard InChI is InChI=1S/C12H16N2O5/c1-7-9(11(15)18-4)10(8(2)14-13-7)12(16)19-6-5-17-3/h5-6H2,1-4H3. The van der Waals surface area contributed by atoms with Gasteiger partial charge < -0.3 is 14.2 Å². The maximum absolute atomic E-state index is 12.0. The summed E-state index contributed by atoms with van der Waals surface area (Å²) in [5, 5.41) is 7.62. The molecule has 19 heavy (non-hydrogen) atoms. The predicted molar refractivity (Wildman–Crippen MR) is 65.0 cm³/mol. The number of esters is 2. The van der Waals surface area contributed by atoms with Crippen LogP contribution in [0.25, 0.3) is 0 Å². The minimum atomic E-state index is -0.645. The van der Waals surface area contributed by atoms with Crippen molar-refractivity contribution >= 4 is 11.9 Å². The van der Waals surface area contributed by atoms with Gasteiger partial charge in [0.1, 0.15) is 6.61 Å². The number of hydrogen-bond acceptors (Lipinski definition) is 7. The van der Waals surface area contributed by atoms with Crippen molar-refractivity contribution in [3.63, 3.8) is 0 Å². The summed E-state index contributed by atoms with van der Waals surface area (Å²) in [6.45, 7) is 3.52. The highest BCUT2D eigenvalue weighted by Gasteiger charge is 2.25. The van der Waals surface area contributed by atoms with Crippen molar-refractivity contribution < 1.29 is 23.8 Å². The Hall–Kier alpha value is -2.02. The molecule has 0 saturated heterocycles. The largest absolute Gasteiger partial charge is 0.465 e. The minimum Gasteiger partial charge on any atom is -0.465 e. The van der Waals surface area contributed by atoms with Crippen LogP contribution in [0.15, 0.2) is 0 Å². The van der Waals surface area contributed by atoms with Gasteiger partial charge in [0.2, 0.25) is 0 Å². The second-order valence-corrected chi connectivity index (χ2v) is 3.74. The van der Waals surface area contributed by atoms with Crippen molar-refractivity contribution in [3.8, 4) is 0 Å². The number of aryl methyl sites for hydroxylation is 2. The Balaban J connectivity index is 3.13. The van der Waals surface area contributed by atoms with Gasteiger partial charge in [0, 0.05) is 7.11 Å². The highest BCUT2D eigenvalue weighted by Crippen LogP contribution is 2.17. The maximum atomic E-state index is 12.0. The molecule has 1 heterocycles. The van der Waals surface area contributed by atoms with Gasteiger partial charge in [-0.2, -0.15) is 10.2 Å². The molecule has 0 spiro atoms. The van der Waals surface area contributed by atoms with Gasteiger partial charge in [0.25, 0.3) is 0 Å². The zero-order valence-electron chi connectivity index (χ0n) is 11.3. The first-order valence-corrected chi connectivity index (χ1v) is 5.61. The van der Waals surface area contributed by atoms with E-state index in [1.807, 2.05) is 0 Å². The van der Waals surface area contributed by atoms with E-state index in [1.54, 1.807) is 13.8 Å². The highest BCUT2D eigenvalue weighted by molar-refractivity contribution is 6.04.